The van der Waals surface area contributed by atoms with Crippen molar-refractivity contribution in [3.05, 3.63) is 235 Å². The van der Waals surface area contributed by atoms with Crippen molar-refractivity contribution in [2.45, 2.75) is 298 Å². The summed E-state index contributed by atoms with van der Waals surface area (Å²) in [4.78, 5) is 12.7. The first-order valence-corrected chi connectivity index (χ1v) is 43.1. The van der Waals surface area contributed by atoms with Gasteiger partial charge in [0.15, 0.2) is 0 Å². The second-order valence-corrected chi connectivity index (χ2v) is 34.8. The van der Waals surface area contributed by atoms with E-state index >= 15 is 0 Å². The second kappa shape index (κ2) is 52.7. The van der Waals surface area contributed by atoms with Crippen LogP contribution in [-0.4, -0.2) is 98.0 Å². The van der Waals surface area contributed by atoms with Crippen molar-refractivity contribution in [3.8, 4) is 46.0 Å². The lowest BCUT2D eigenvalue weighted by molar-refractivity contribution is -0.135. The molecule has 0 aliphatic carbocycles. The van der Waals surface area contributed by atoms with Gasteiger partial charge >= 0.3 is 16.1 Å². The lowest BCUT2D eigenvalue weighted by Crippen LogP contribution is -2.21. The van der Waals surface area contributed by atoms with Crippen molar-refractivity contribution < 1.29 is 89.9 Å². The summed E-state index contributed by atoms with van der Waals surface area (Å²) in [5.41, 5.74) is 13.3. The molecule has 0 aromatic heterocycles. The second-order valence-electron chi connectivity index (χ2n) is 33.1. The maximum Gasteiger partial charge on any atom is 0.314 e. The number of ether oxygens (including phenoxy) is 11. The van der Waals surface area contributed by atoms with Crippen LogP contribution in [0.15, 0.2) is 152 Å². The Morgan fingerprint density at radius 3 is 1.24 bits per heavy atom. The predicted molar refractivity (Wildman–Crippen MR) is 484 cm³/mol. The van der Waals surface area contributed by atoms with Crippen LogP contribution in [-0.2, 0) is 115 Å². The SMILES string of the molecule is C.C.CCC(C)(C)c1ccc(OCCc2cc(COC(C)C)c(O)c(COC(C)C)c2)cc1.CCC(C)c1ccc(OCCC(=O)Oc2c(COC(C)(C)C)cccc2COC(C)(C)C)cc1.CCC(C)c1ccc(OCc2cc(COC)cc(COC)c2O)cc1.CCC(C)c1ccc(OS(=O)(=O)CCOc2c(CO)cc(C)cc2CO)cc1. The van der Waals surface area contributed by atoms with Crippen LogP contribution in [0.1, 0.15) is 280 Å². The molecule has 0 heterocycles. The Hall–Kier alpha value is -8.54. The van der Waals surface area contributed by atoms with Crippen LogP contribution in [0.3, 0.4) is 0 Å². The average Bonchev–Trinajstić information content (AvgIpc) is 0.857. The number of esters is 1. The number of hydrogen-bond acceptors (Lipinski definition) is 19. The van der Waals surface area contributed by atoms with Gasteiger partial charge in [0.05, 0.1) is 95.9 Å². The van der Waals surface area contributed by atoms with E-state index in [1.54, 1.807) is 38.5 Å². The molecular weight excluding hydrogens is 1540 g/mol. The van der Waals surface area contributed by atoms with Crippen LogP contribution in [0.4, 0.5) is 0 Å². The summed E-state index contributed by atoms with van der Waals surface area (Å²) in [7, 11) is -0.581. The zero-order chi connectivity index (χ0) is 87.3. The van der Waals surface area contributed by atoms with Crippen molar-refractivity contribution in [3.63, 3.8) is 0 Å². The lowest BCUT2D eigenvalue weighted by Gasteiger charge is -2.23. The summed E-state index contributed by atoms with van der Waals surface area (Å²) in [5.74, 6) is 4.73. The molecule has 0 saturated heterocycles. The van der Waals surface area contributed by atoms with Crippen LogP contribution in [0, 0.1) is 6.92 Å². The number of phenols is 2. The maximum atomic E-state index is 12.7. The van der Waals surface area contributed by atoms with Crippen LogP contribution in [0.5, 0.6) is 46.0 Å². The summed E-state index contributed by atoms with van der Waals surface area (Å²) in [6.07, 6.45) is 5.39. The molecule has 0 fully saturated rings. The van der Waals surface area contributed by atoms with Gasteiger partial charge < -0.3 is 76.7 Å². The molecule has 3 unspecified atom stereocenters. The normalized spacial score (nSPS) is 12.2. The third-order valence-corrected chi connectivity index (χ3v) is 21.1. The molecule has 8 rings (SSSR count). The van der Waals surface area contributed by atoms with E-state index in [1.165, 1.54) is 16.7 Å². The summed E-state index contributed by atoms with van der Waals surface area (Å²) in [5, 5.41) is 40.1. The van der Waals surface area contributed by atoms with Crippen LogP contribution >= 0.6 is 0 Å². The zero-order valence-electron chi connectivity index (χ0n) is 74.6. The molecule has 0 aliphatic heterocycles. The minimum Gasteiger partial charge on any atom is -0.507 e. The van der Waals surface area contributed by atoms with Gasteiger partial charge in [0, 0.05) is 65.1 Å². The van der Waals surface area contributed by atoms with Gasteiger partial charge in [0.25, 0.3) is 0 Å². The summed E-state index contributed by atoms with van der Waals surface area (Å²) < 4.78 is 92.4. The highest BCUT2D eigenvalue weighted by atomic mass is 32.2. The number of rotatable bonds is 42. The zero-order valence-corrected chi connectivity index (χ0v) is 75.4. The fourth-order valence-corrected chi connectivity index (χ4v) is 12.7. The van der Waals surface area contributed by atoms with Gasteiger partial charge in [-0.25, -0.2) is 0 Å². The van der Waals surface area contributed by atoms with Crippen molar-refractivity contribution in [2.24, 2.45) is 0 Å². The van der Waals surface area contributed by atoms with Crippen molar-refractivity contribution in [2.75, 3.05) is 39.8 Å². The maximum absolute atomic E-state index is 12.7. The van der Waals surface area contributed by atoms with Gasteiger partial charge in [-0.1, -0.05) is 162 Å². The Kier molecular flexibility index (Phi) is 46.4. The Balaban J connectivity index is 0.000000413. The first kappa shape index (κ1) is 106. The van der Waals surface area contributed by atoms with E-state index in [9.17, 15) is 33.6 Å². The highest BCUT2D eigenvalue weighted by Gasteiger charge is 2.24. The third-order valence-electron chi connectivity index (χ3n) is 20.0. The predicted octanol–water partition coefficient (Wildman–Crippen LogP) is 23.1. The molecule has 4 N–H and O–H groups in total. The number of aliphatic hydroxyl groups excluding tert-OH is 2. The highest BCUT2D eigenvalue weighted by Crippen LogP contribution is 2.35. The van der Waals surface area contributed by atoms with Gasteiger partial charge in [-0.05, 0) is 231 Å². The smallest absolute Gasteiger partial charge is 0.314 e. The number of carbonyl (C=O) groups excluding carboxylic acids is 1. The standard InChI is InChI=1S/C29H42O5.C27H40O4.C21H28O6S.C21H28O4.2CH4/c1-9-21(2)22-13-15-25(16-14-22)31-18-17-26(30)34-27-23(19-32-28(3,4)5)11-10-12-24(27)20-33-29(6,7)8;1-8-27(6,7)24-9-11-25(12-10-24)29-14-13-21-15-22(17-30-19(2)3)26(28)23(16-21)18-31-20(4)5;1-4-16(3)17-5-7-20(8-6-17)27-28(24,25)10-9-26-21-18(13-22)11-15(2)12-19(21)14-23;1-5-15(2)17-6-8-20(9-7-17)25-14-19-11-16(12-23-3)10-18(13-24-4)21(19)22;;/h10-16,21H,9,17-20H2,1-8H3;9-12,15-16,19-20,28H,8,13-14,17-18H2,1-7H3;5-8,11-12,16,22-23H,4,9-10,13-14H2,1-3H3;6-11,15,22H,5,12-14H2,1-4H3;2*1H4. The fraction of sp³-hybridized carbons (Fsp3) is 0.510. The van der Waals surface area contributed by atoms with Crippen molar-refractivity contribution >= 4 is 16.1 Å². The van der Waals surface area contributed by atoms with Gasteiger partial charge in [0.1, 0.15) is 65.0 Å². The third kappa shape index (κ3) is 37.4. The van der Waals surface area contributed by atoms with Gasteiger partial charge in [-0.15, -0.1) is 0 Å². The Morgan fingerprint density at radius 1 is 0.433 bits per heavy atom. The van der Waals surface area contributed by atoms with E-state index in [2.05, 4.69) is 98.7 Å². The van der Waals surface area contributed by atoms with Gasteiger partial charge in [-0.2, -0.15) is 8.42 Å². The molecule has 3 atom stereocenters. The van der Waals surface area contributed by atoms with Gasteiger partial charge in [-0.3, -0.25) is 4.79 Å². The molecular formula is C100H146O19S. The monoisotopic (exact) mass is 1680 g/mol. The molecule has 0 radical (unpaired) electrons. The van der Waals surface area contributed by atoms with E-state index in [0.29, 0.717) is 93.2 Å². The van der Waals surface area contributed by atoms with Crippen molar-refractivity contribution in [1.82, 2.24) is 0 Å². The molecule has 0 aliphatic rings. The Morgan fingerprint density at radius 2 is 0.833 bits per heavy atom. The van der Waals surface area contributed by atoms with Crippen molar-refractivity contribution in [1.29, 1.82) is 0 Å². The fourth-order valence-electron chi connectivity index (χ4n) is 12.0. The molecule has 19 nitrogen and oxygen atoms in total. The Labute approximate surface area is 720 Å². The molecule has 8 aromatic rings. The van der Waals surface area contributed by atoms with Gasteiger partial charge in [0.2, 0.25) is 0 Å². The number of aromatic hydroxyl groups is 2. The Bertz CT molecular complexity index is 4270. The number of carbonyl (C=O) groups is 1. The van der Waals surface area contributed by atoms with Crippen LogP contribution in [0.25, 0.3) is 0 Å². The molecule has 666 valence electrons. The molecule has 8 aromatic carbocycles. The summed E-state index contributed by atoms with van der Waals surface area (Å²) >= 11 is 0. The van der Waals surface area contributed by atoms with E-state index in [4.69, 9.17) is 56.3 Å². The number of aliphatic hydroxyl groups is 2. The lowest BCUT2D eigenvalue weighted by atomic mass is 9.82. The molecule has 120 heavy (non-hydrogen) atoms. The van der Waals surface area contributed by atoms with Crippen LogP contribution < -0.4 is 27.9 Å². The molecule has 0 amide bonds. The van der Waals surface area contributed by atoms with E-state index < -0.39 is 10.1 Å². The largest absolute Gasteiger partial charge is 0.507 e. The van der Waals surface area contributed by atoms with E-state index in [0.717, 1.165) is 105 Å². The summed E-state index contributed by atoms with van der Waals surface area (Å²) in [6.45, 7) is 44.2. The molecule has 0 bridgehead atoms. The number of hydrogen-bond donors (Lipinski definition) is 4. The van der Waals surface area contributed by atoms with Crippen LogP contribution in [0.2, 0.25) is 0 Å². The summed E-state index contributed by atoms with van der Waals surface area (Å²) in [6, 6.07) is 48.7. The number of phenolic OH excluding ortho intramolecular Hbond substituents is 2. The number of methoxy groups -OCH3 is 2. The van der Waals surface area contributed by atoms with E-state index in [-0.39, 0.29) is 105 Å². The molecule has 0 saturated carbocycles. The number of para-hydroxylation sites is 1. The minimum absolute atomic E-state index is 0. The number of aryl methyl sites for hydroxylation is 1. The average molecular weight is 1680 g/mol. The highest BCUT2D eigenvalue weighted by molar-refractivity contribution is 7.87. The topological polar surface area (TPSA) is 243 Å². The minimum atomic E-state index is -3.84. The molecule has 20 heteroatoms. The first-order chi connectivity index (χ1) is 55.9. The molecule has 0 spiro atoms. The van der Waals surface area contributed by atoms with E-state index in [1.807, 2.05) is 167 Å². The first-order valence-electron chi connectivity index (χ1n) is 41.5. The number of benzene rings is 8. The quantitative estimate of drug-likeness (QED) is 0.0158.